The van der Waals surface area contributed by atoms with Crippen LogP contribution in [0.4, 0.5) is 0 Å². The Labute approximate surface area is 104 Å². The Bertz CT molecular complexity index is 364. The van der Waals surface area contributed by atoms with Gasteiger partial charge in [0.1, 0.15) is 0 Å². The Kier molecular flexibility index (Phi) is 4.13. The highest BCUT2D eigenvalue weighted by atomic mass is 15.2. The van der Waals surface area contributed by atoms with Gasteiger partial charge in [-0.2, -0.15) is 0 Å². The first-order valence-electron chi connectivity index (χ1n) is 6.59. The lowest BCUT2D eigenvalue weighted by atomic mass is 9.92. The first-order valence-corrected chi connectivity index (χ1v) is 6.59. The predicted octanol–water partition coefficient (Wildman–Crippen LogP) is 2.16. The van der Waals surface area contributed by atoms with Gasteiger partial charge >= 0.3 is 0 Å². The molecule has 1 aromatic heterocycles. The molecular formula is C14H23N3. The number of aromatic nitrogens is 1. The molecule has 2 rings (SSSR count). The number of hydrogen-bond donors (Lipinski definition) is 1. The normalized spacial score (nSPS) is 26.1. The van der Waals surface area contributed by atoms with Gasteiger partial charge < -0.3 is 5.73 Å². The zero-order valence-corrected chi connectivity index (χ0v) is 10.9. The second kappa shape index (κ2) is 5.61. The van der Waals surface area contributed by atoms with Crippen molar-refractivity contribution in [1.82, 2.24) is 9.88 Å². The zero-order valence-electron chi connectivity index (χ0n) is 10.9. The van der Waals surface area contributed by atoms with Crippen molar-refractivity contribution in [2.45, 2.75) is 45.8 Å². The molecule has 1 aliphatic rings. The minimum absolute atomic E-state index is 0.528. The molecule has 0 spiro atoms. The second-order valence-electron chi connectivity index (χ2n) is 5.15. The van der Waals surface area contributed by atoms with Crippen LogP contribution in [0.5, 0.6) is 0 Å². The monoisotopic (exact) mass is 233 g/mol. The highest BCUT2D eigenvalue weighted by molar-refractivity contribution is 5.11. The van der Waals surface area contributed by atoms with Crippen molar-refractivity contribution in [1.29, 1.82) is 0 Å². The number of pyridine rings is 1. The molecule has 1 aromatic rings. The van der Waals surface area contributed by atoms with Crippen LogP contribution in [0.2, 0.25) is 0 Å². The van der Waals surface area contributed by atoms with Crippen molar-refractivity contribution in [3.8, 4) is 0 Å². The summed E-state index contributed by atoms with van der Waals surface area (Å²) in [4.78, 5) is 7.12. The summed E-state index contributed by atoms with van der Waals surface area (Å²) in [6.07, 6.45) is 2.66. The SMILES string of the molecule is CC1CCCN(Cc2cccc(CN)n2)C1C. The van der Waals surface area contributed by atoms with E-state index in [0.717, 1.165) is 23.9 Å². The van der Waals surface area contributed by atoms with Gasteiger partial charge in [-0.05, 0) is 44.4 Å². The molecule has 2 unspecified atom stereocenters. The summed E-state index contributed by atoms with van der Waals surface area (Å²) in [5, 5.41) is 0. The van der Waals surface area contributed by atoms with Gasteiger partial charge in [-0.25, -0.2) is 0 Å². The second-order valence-corrected chi connectivity index (χ2v) is 5.15. The molecule has 0 saturated carbocycles. The van der Waals surface area contributed by atoms with Crippen LogP contribution in [-0.2, 0) is 13.1 Å². The van der Waals surface area contributed by atoms with Gasteiger partial charge in [-0.1, -0.05) is 13.0 Å². The molecule has 1 fully saturated rings. The molecular weight excluding hydrogens is 210 g/mol. The molecule has 2 atom stereocenters. The number of nitrogens with two attached hydrogens (primary N) is 1. The number of likely N-dealkylation sites (tertiary alicyclic amines) is 1. The maximum atomic E-state index is 5.63. The van der Waals surface area contributed by atoms with E-state index >= 15 is 0 Å². The lowest BCUT2D eigenvalue weighted by Gasteiger charge is -2.37. The molecule has 0 aliphatic carbocycles. The van der Waals surface area contributed by atoms with Crippen molar-refractivity contribution >= 4 is 0 Å². The first kappa shape index (κ1) is 12.5. The Hall–Kier alpha value is -0.930. The molecule has 94 valence electrons. The summed E-state index contributed by atoms with van der Waals surface area (Å²) in [7, 11) is 0. The summed E-state index contributed by atoms with van der Waals surface area (Å²) < 4.78 is 0. The van der Waals surface area contributed by atoms with E-state index in [1.807, 2.05) is 6.07 Å². The minimum Gasteiger partial charge on any atom is -0.325 e. The van der Waals surface area contributed by atoms with Crippen LogP contribution in [0, 0.1) is 5.92 Å². The lowest BCUT2D eigenvalue weighted by Crippen LogP contribution is -2.41. The summed E-state index contributed by atoms with van der Waals surface area (Å²) in [5.74, 6) is 0.793. The number of nitrogens with zero attached hydrogens (tertiary/aromatic N) is 2. The molecule has 0 radical (unpaired) electrons. The van der Waals surface area contributed by atoms with Gasteiger partial charge in [0.25, 0.3) is 0 Å². The molecule has 2 heterocycles. The highest BCUT2D eigenvalue weighted by Gasteiger charge is 2.24. The van der Waals surface area contributed by atoms with E-state index in [9.17, 15) is 0 Å². The number of rotatable bonds is 3. The topological polar surface area (TPSA) is 42.1 Å². The van der Waals surface area contributed by atoms with E-state index in [4.69, 9.17) is 5.73 Å². The average Bonchev–Trinajstić information content (AvgIpc) is 2.35. The van der Waals surface area contributed by atoms with Gasteiger partial charge in [0.2, 0.25) is 0 Å². The van der Waals surface area contributed by atoms with Gasteiger partial charge in [0.05, 0.1) is 11.4 Å². The van der Waals surface area contributed by atoms with Crippen LogP contribution < -0.4 is 5.73 Å². The molecule has 2 N–H and O–H groups in total. The molecule has 0 bridgehead atoms. The molecule has 0 amide bonds. The van der Waals surface area contributed by atoms with Crippen molar-refractivity contribution in [2.24, 2.45) is 11.7 Å². The van der Waals surface area contributed by atoms with Gasteiger partial charge in [-0.15, -0.1) is 0 Å². The minimum atomic E-state index is 0.528. The van der Waals surface area contributed by atoms with Crippen molar-refractivity contribution in [2.75, 3.05) is 6.54 Å². The first-order chi connectivity index (χ1) is 8.20. The zero-order chi connectivity index (χ0) is 12.3. The van der Waals surface area contributed by atoms with E-state index in [0.29, 0.717) is 12.6 Å². The Morgan fingerprint density at radius 2 is 2.12 bits per heavy atom. The third-order valence-electron chi connectivity index (χ3n) is 3.94. The van der Waals surface area contributed by atoms with E-state index in [2.05, 4.69) is 35.9 Å². The van der Waals surface area contributed by atoms with E-state index < -0.39 is 0 Å². The standard InChI is InChI=1S/C14H23N3/c1-11-5-4-8-17(12(11)2)10-14-7-3-6-13(9-15)16-14/h3,6-7,11-12H,4-5,8-10,15H2,1-2H3. The quantitative estimate of drug-likeness (QED) is 0.870. The lowest BCUT2D eigenvalue weighted by molar-refractivity contribution is 0.105. The van der Waals surface area contributed by atoms with Crippen LogP contribution in [0.3, 0.4) is 0 Å². The van der Waals surface area contributed by atoms with Crippen LogP contribution >= 0.6 is 0 Å². The molecule has 17 heavy (non-hydrogen) atoms. The maximum absolute atomic E-state index is 5.63. The summed E-state index contributed by atoms with van der Waals surface area (Å²) in [5.41, 5.74) is 7.76. The Balaban J connectivity index is 2.04. The largest absolute Gasteiger partial charge is 0.325 e. The van der Waals surface area contributed by atoms with Crippen LogP contribution in [0.25, 0.3) is 0 Å². The molecule has 1 aliphatic heterocycles. The van der Waals surface area contributed by atoms with Gasteiger partial charge in [-0.3, -0.25) is 9.88 Å². The molecule has 1 saturated heterocycles. The Morgan fingerprint density at radius 1 is 1.35 bits per heavy atom. The van der Waals surface area contributed by atoms with Gasteiger partial charge in [0.15, 0.2) is 0 Å². The third kappa shape index (κ3) is 3.05. The number of hydrogen-bond acceptors (Lipinski definition) is 3. The van der Waals surface area contributed by atoms with Crippen LogP contribution in [-0.4, -0.2) is 22.5 Å². The van der Waals surface area contributed by atoms with Crippen LogP contribution in [0.1, 0.15) is 38.1 Å². The van der Waals surface area contributed by atoms with E-state index in [-0.39, 0.29) is 0 Å². The van der Waals surface area contributed by atoms with Gasteiger partial charge in [0, 0.05) is 19.1 Å². The van der Waals surface area contributed by atoms with E-state index in [1.54, 1.807) is 0 Å². The maximum Gasteiger partial charge on any atom is 0.0547 e. The summed E-state index contributed by atoms with van der Waals surface area (Å²) in [6.45, 7) is 7.36. The third-order valence-corrected chi connectivity index (χ3v) is 3.94. The average molecular weight is 233 g/mol. The predicted molar refractivity (Wildman–Crippen MR) is 70.4 cm³/mol. The molecule has 3 nitrogen and oxygen atoms in total. The molecule has 0 aromatic carbocycles. The van der Waals surface area contributed by atoms with Crippen LogP contribution in [0.15, 0.2) is 18.2 Å². The molecule has 3 heteroatoms. The fourth-order valence-electron chi connectivity index (χ4n) is 2.58. The fourth-order valence-corrected chi connectivity index (χ4v) is 2.58. The van der Waals surface area contributed by atoms with E-state index in [1.165, 1.54) is 19.4 Å². The smallest absolute Gasteiger partial charge is 0.0547 e. The van der Waals surface area contributed by atoms with Crippen molar-refractivity contribution < 1.29 is 0 Å². The summed E-state index contributed by atoms with van der Waals surface area (Å²) in [6, 6.07) is 6.81. The summed E-state index contributed by atoms with van der Waals surface area (Å²) >= 11 is 0. The highest BCUT2D eigenvalue weighted by Crippen LogP contribution is 2.24. The number of piperidine rings is 1. The van der Waals surface area contributed by atoms with Crippen molar-refractivity contribution in [3.05, 3.63) is 29.6 Å². The van der Waals surface area contributed by atoms with Crippen molar-refractivity contribution in [3.63, 3.8) is 0 Å². The fraction of sp³-hybridized carbons (Fsp3) is 0.643. The Morgan fingerprint density at radius 3 is 2.88 bits per heavy atom.